The maximum atomic E-state index is 11.8. The van der Waals surface area contributed by atoms with Crippen molar-refractivity contribution in [2.45, 2.75) is 16.7 Å². The summed E-state index contributed by atoms with van der Waals surface area (Å²) in [6.07, 6.45) is 1.47. The maximum Gasteiger partial charge on any atom is 0.360 e. The average molecular weight is 384 g/mol. The predicted molar refractivity (Wildman–Crippen MR) is 101 cm³/mol. The van der Waals surface area contributed by atoms with Gasteiger partial charge in [0.2, 0.25) is 0 Å². The third kappa shape index (κ3) is 4.09. The van der Waals surface area contributed by atoms with Crippen molar-refractivity contribution >= 4 is 29.2 Å². The fourth-order valence-corrected chi connectivity index (χ4v) is 3.18. The Bertz CT molecular complexity index is 968. The van der Waals surface area contributed by atoms with Gasteiger partial charge in [0.15, 0.2) is 5.69 Å². The standard InChI is InChI=1S/C18H16N4O4S/c1-2-26-18(23)16-17(19)21(11-20-16)12-3-7-14(8-4-12)27-15-9-5-13(6-10-15)22(24)25/h3-11H,2,19H2,1H3. The largest absolute Gasteiger partial charge is 0.461 e. The number of hydrogen-bond acceptors (Lipinski definition) is 7. The molecule has 0 spiro atoms. The van der Waals surface area contributed by atoms with E-state index in [-0.39, 0.29) is 23.8 Å². The molecule has 0 unspecified atom stereocenters. The third-order valence-electron chi connectivity index (χ3n) is 3.67. The molecule has 3 aromatic rings. The molecular formula is C18H16N4O4S. The first kappa shape index (κ1) is 18.5. The number of nitro benzene ring substituents is 1. The third-order valence-corrected chi connectivity index (χ3v) is 4.69. The number of nitrogens with zero attached hydrogens (tertiary/aromatic N) is 3. The van der Waals surface area contributed by atoms with Gasteiger partial charge in [-0.2, -0.15) is 0 Å². The van der Waals surface area contributed by atoms with Crippen LogP contribution in [-0.2, 0) is 4.74 Å². The van der Waals surface area contributed by atoms with Crippen molar-refractivity contribution in [2.24, 2.45) is 0 Å². The van der Waals surface area contributed by atoms with Crippen LogP contribution in [0.25, 0.3) is 5.69 Å². The Hall–Kier alpha value is -3.33. The smallest absolute Gasteiger partial charge is 0.360 e. The van der Waals surface area contributed by atoms with E-state index in [0.717, 1.165) is 15.5 Å². The van der Waals surface area contributed by atoms with Crippen LogP contribution >= 0.6 is 11.8 Å². The summed E-state index contributed by atoms with van der Waals surface area (Å²) < 4.78 is 6.53. The molecule has 2 N–H and O–H groups in total. The first-order valence-corrected chi connectivity index (χ1v) is 8.84. The molecule has 8 nitrogen and oxygen atoms in total. The van der Waals surface area contributed by atoms with Crippen LogP contribution in [0.2, 0.25) is 0 Å². The number of ether oxygens (including phenoxy) is 1. The maximum absolute atomic E-state index is 11.8. The Morgan fingerprint density at radius 1 is 1.19 bits per heavy atom. The van der Waals surface area contributed by atoms with Crippen LogP contribution in [0.15, 0.2) is 64.6 Å². The summed E-state index contributed by atoms with van der Waals surface area (Å²) >= 11 is 1.48. The molecule has 0 fully saturated rings. The summed E-state index contributed by atoms with van der Waals surface area (Å²) in [7, 11) is 0. The van der Waals surface area contributed by atoms with Gasteiger partial charge in [-0.25, -0.2) is 9.78 Å². The lowest BCUT2D eigenvalue weighted by atomic mass is 10.3. The molecule has 0 aliphatic rings. The monoisotopic (exact) mass is 384 g/mol. The average Bonchev–Trinajstić information content (AvgIpc) is 3.04. The minimum Gasteiger partial charge on any atom is -0.461 e. The number of esters is 1. The molecule has 0 radical (unpaired) electrons. The second-order valence-corrected chi connectivity index (χ2v) is 6.56. The lowest BCUT2D eigenvalue weighted by Crippen LogP contribution is -2.09. The zero-order valence-corrected chi connectivity index (χ0v) is 15.2. The Morgan fingerprint density at radius 2 is 1.78 bits per heavy atom. The van der Waals surface area contributed by atoms with Crippen LogP contribution in [0, 0.1) is 10.1 Å². The molecule has 1 heterocycles. The quantitative estimate of drug-likeness (QED) is 0.392. The van der Waals surface area contributed by atoms with Crippen LogP contribution in [0.4, 0.5) is 11.5 Å². The highest BCUT2D eigenvalue weighted by Gasteiger charge is 2.17. The first-order valence-electron chi connectivity index (χ1n) is 8.02. The molecule has 138 valence electrons. The molecule has 0 aliphatic heterocycles. The van der Waals surface area contributed by atoms with Crippen molar-refractivity contribution in [3.8, 4) is 5.69 Å². The van der Waals surface area contributed by atoms with Gasteiger partial charge in [0.05, 0.1) is 11.5 Å². The van der Waals surface area contributed by atoms with Crippen molar-refractivity contribution in [2.75, 3.05) is 12.3 Å². The fraction of sp³-hybridized carbons (Fsp3) is 0.111. The van der Waals surface area contributed by atoms with Gasteiger partial charge in [-0.1, -0.05) is 11.8 Å². The van der Waals surface area contributed by atoms with Gasteiger partial charge < -0.3 is 10.5 Å². The highest BCUT2D eigenvalue weighted by atomic mass is 32.2. The summed E-state index contributed by atoms with van der Waals surface area (Å²) in [6, 6.07) is 13.8. The number of carbonyl (C=O) groups is 1. The molecule has 3 rings (SSSR count). The molecular weight excluding hydrogens is 368 g/mol. The van der Waals surface area contributed by atoms with E-state index < -0.39 is 10.9 Å². The molecule has 1 aromatic heterocycles. The first-order chi connectivity index (χ1) is 13.0. The van der Waals surface area contributed by atoms with Crippen molar-refractivity contribution in [3.05, 3.63) is 70.7 Å². The van der Waals surface area contributed by atoms with Crippen molar-refractivity contribution < 1.29 is 14.5 Å². The number of anilines is 1. The number of rotatable bonds is 6. The molecule has 27 heavy (non-hydrogen) atoms. The van der Waals surface area contributed by atoms with Crippen LogP contribution < -0.4 is 5.73 Å². The summed E-state index contributed by atoms with van der Waals surface area (Å²) in [5.41, 5.74) is 6.90. The van der Waals surface area contributed by atoms with E-state index in [1.54, 1.807) is 23.6 Å². The predicted octanol–water partition coefficient (Wildman–Crippen LogP) is 3.69. The Balaban J connectivity index is 1.76. The lowest BCUT2D eigenvalue weighted by Gasteiger charge is -2.07. The van der Waals surface area contributed by atoms with Gasteiger partial charge >= 0.3 is 5.97 Å². The lowest BCUT2D eigenvalue weighted by molar-refractivity contribution is -0.384. The molecule has 0 atom stereocenters. The van der Waals surface area contributed by atoms with Gasteiger partial charge in [0.25, 0.3) is 5.69 Å². The molecule has 0 saturated carbocycles. The normalized spacial score (nSPS) is 10.6. The van der Waals surface area contributed by atoms with Gasteiger partial charge in [-0.3, -0.25) is 14.7 Å². The highest BCUT2D eigenvalue weighted by Crippen LogP contribution is 2.30. The summed E-state index contributed by atoms with van der Waals surface area (Å²) in [6.45, 7) is 1.96. The van der Waals surface area contributed by atoms with E-state index >= 15 is 0 Å². The van der Waals surface area contributed by atoms with Gasteiger partial charge in [-0.05, 0) is 43.3 Å². The van der Waals surface area contributed by atoms with Gasteiger partial charge in [0, 0.05) is 27.6 Å². The number of nitrogens with two attached hydrogens (primary N) is 1. The SMILES string of the molecule is CCOC(=O)c1ncn(-c2ccc(Sc3ccc([N+](=O)[O-])cc3)cc2)c1N. The number of aromatic nitrogens is 2. The van der Waals surface area contributed by atoms with Crippen molar-refractivity contribution in [1.82, 2.24) is 9.55 Å². The summed E-state index contributed by atoms with van der Waals surface area (Å²) in [5, 5.41) is 10.7. The fourth-order valence-electron chi connectivity index (χ4n) is 2.37. The zero-order valence-electron chi connectivity index (χ0n) is 14.4. The van der Waals surface area contributed by atoms with Gasteiger partial charge in [-0.15, -0.1) is 0 Å². The second kappa shape index (κ2) is 7.92. The highest BCUT2D eigenvalue weighted by molar-refractivity contribution is 7.99. The summed E-state index contributed by atoms with van der Waals surface area (Å²) in [5.74, 6) is -0.344. The molecule has 9 heteroatoms. The van der Waals surface area contributed by atoms with Gasteiger partial charge in [0.1, 0.15) is 12.1 Å². The number of imidazole rings is 1. The van der Waals surface area contributed by atoms with E-state index in [4.69, 9.17) is 10.5 Å². The van der Waals surface area contributed by atoms with E-state index in [9.17, 15) is 14.9 Å². The Morgan fingerprint density at radius 3 is 2.33 bits per heavy atom. The second-order valence-electron chi connectivity index (χ2n) is 5.42. The Labute approximate surface area is 159 Å². The molecule has 0 bridgehead atoms. The van der Waals surface area contributed by atoms with Crippen LogP contribution in [0.3, 0.4) is 0 Å². The molecule has 0 aliphatic carbocycles. The molecule has 2 aromatic carbocycles. The van der Waals surface area contributed by atoms with E-state index in [0.29, 0.717) is 0 Å². The van der Waals surface area contributed by atoms with Crippen LogP contribution in [0.1, 0.15) is 17.4 Å². The number of carbonyl (C=O) groups excluding carboxylic acids is 1. The topological polar surface area (TPSA) is 113 Å². The molecule has 0 amide bonds. The summed E-state index contributed by atoms with van der Waals surface area (Å²) in [4.78, 5) is 28.0. The van der Waals surface area contributed by atoms with Crippen LogP contribution in [0.5, 0.6) is 0 Å². The van der Waals surface area contributed by atoms with E-state index in [1.165, 1.54) is 30.2 Å². The Kier molecular flexibility index (Phi) is 5.41. The van der Waals surface area contributed by atoms with Crippen LogP contribution in [-0.4, -0.2) is 27.1 Å². The molecule has 0 saturated heterocycles. The van der Waals surface area contributed by atoms with Crippen molar-refractivity contribution in [1.29, 1.82) is 0 Å². The minimum atomic E-state index is -0.556. The number of non-ortho nitro benzene ring substituents is 1. The number of nitrogen functional groups attached to an aromatic ring is 1. The minimum absolute atomic E-state index is 0.0580. The zero-order chi connectivity index (χ0) is 19.4. The number of nitro groups is 1. The van der Waals surface area contributed by atoms with E-state index in [2.05, 4.69) is 4.98 Å². The number of hydrogen-bond donors (Lipinski definition) is 1. The number of benzene rings is 2. The van der Waals surface area contributed by atoms with Crippen molar-refractivity contribution in [3.63, 3.8) is 0 Å². The van der Waals surface area contributed by atoms with E-state index in [1.807, 2.05) is 24.3 Å².